The molecule has 0 aliphatic heterocycles. The Hall–Kier alpha value is -4.51. The second-order valence-corrected chi connectivity index (χ2v) is 7.25. The SMILES string of the molecule is CNc1ccc(C(=O)OC(C(=O)Nc2ccc([N+](=O)[O-])cc2Cl)c2ccccc2)cc1[N+](=O)[O-]. The number of nitrogens with one attached hydrogen (secondary N) is 2. The maximum atomic E-state index is 13.0. The lowest BCUT2D eigenvalue weighted by atomic mass is 10.1. The van der Waals surface area contributed by atoms with Crippen LogP contribution < -0.4 is 10.6 Å². The fourth-order valence-electron chi connectivity index (χ4n) is 3.01. The van der Waals surface area contributed by atoms with Crippen molar-refractivity contribution in [2.45, 2.75) is 6.10 Å². The summed E-state index contributed by atoms with van der Waals surface area (Å²) in [7, 11) is 1.50. The first-order chi connectivity index (χ1) is 16.2. The lowest BCUT2D eigenvalue weighted by Crippen LogP contribution is -2.26. The molecule has 34 heavy (non-hydrogen) atoms. The summed E-state index contributed by atoms with van der Waals surface area (Å²) in [4.78, 5) is 46.7. The van der Waals surface area contributed by atoms with Gasteiger partial charge in [0.2, 0.25) is 6.10 Å². The molecule has 3 aromatic carbocycles. The van der Waals surface area contributed by atoms with Crippen molar-refractivity contribution in [2.75, 3.05) is 17.7 Å². The summed E-state index contributed by atoms with van der Waals surface area (Å²) in [6.45, 7) is 0. The molecule has 1 atom stereocenters. The molecular weight excluding hydrogens is 468 g/mol. The topological polar surface area (TPSA) is 154 Å². The summed E-state index contributed by atoms with van der Waals surface area (Å²) in [6, 6.07) is 15.3. The summed E-state index contributed by atoms with van der Waals surface area (Å²) >= 11 is 6.05. The Morgan fingerprint density at radius 3 is 2.21 bits per heavy atom. The molecule has 0 radical (unpaired) electrons. The van der Waals surface area contributed by atoms with Gasteiger partial charge in [0.15, 0.2) is 0 Å². The highest BCUT2D eigenvalue weighted by molar-refractivity contribution is 6.34. The number of nitro groups is 2. The van der Waals surface area contributed by atoms with Crippen molar-refractivity contribution in [1.82, 2.24) is 0 Å². The largest absolute Gasteiger partial charge is 0.444 e. The molecule has 0 fully saturated rings. The second kappa shape index (κ2) is 10.4. The highest BCUT2D eigenvalue weighted by Gasteiger charge is 2.28. The molecule has 0 saturated carbocycles. The first kappa shape index (κ1) is 24.1. The van der Waals surface area contributed by atoms with Crippen molar-refractivity contribution in [2.24, 2.45) is 0 Å². The van der Waals surface area contributed by atoms with E-state index < -0.39 is 27.8 Å². The van der Waals surface area contributed by atoms with Crippen molar-refractivity contribution >= 4 is 46.2 Å². The van der Waals surface area contributed by atoms with Crippen LogP contribution in [0.1, 0.15) is 22.0 Å². The third-order valence-electron chi connectivity index (χ3n) is 4.69. The average Bonchev–Trinajstić information content (AvgIpc) is 2.83. The highest BCUT2D eigenvalue weighted by Crippen LogP contribution is 2.30. The number of esters is 1. The number of nitro benzene ring substituents is 2. The number of nitrogens with zero attached hydrogens (tertiary/aromatic N) is 2. The summed E-state index contributed by atoms with van der Waals surface area (Å²) in [5.74, 6) is -1.75. The number of carbonyl (C=O) groups is 2. The van der Waals surface area contributed by atoms with Crippen LogP contribution in [0.4, 0.5) is 22.7 Å². The van der Waals surface area contributed by atoms with Crippen LogP contribution in [-0.2, 0) is 9.53 Å². The van der Waals surface area contributed by atoms with Gasteiger partial charge in [0.05, 0.1) is 26.1 Å². The van der Waals surface area contributed by atoms with Crippen LogP contribution in [0.15, 0.2) is 66.7 Å². The quantitative estimate of drug-likeness (QED) is 0.264. The Morgan fingerprint density at radius 1 is 0.941 bits per heavy atom. The van der Waals surface area contributed by atoms with Gasteiger partial charge in [-0.3, -0.25) is 25.0 Å². The molecule has 0 aliphatic rings. The van der Waals surface area contributed by atoms with E-state index >= 15 is 0 Å². The van der Waals surface area contributed by atoms with Gasteiger partial charge in [0, 0.05) is 30.8 Å². The standard InChI is InChI=1S/C22H17ClN4O7/c1-24-18-9-7-14(11-19(18)27(32)33)22(29)34-20(13-5-3-2-4-6-13)21(28)25-17-10-8-15(26(30)31)12-16(17)23/h2-12,20,24H,1H3,(H,25,28). The minimum atomic E-state index is -1.44. The van der Waals surface area contributed by atoms with E-state index in [1.54, 1.807) is 30.3 Å². The summed E-state index contributed by atoms with van der Waals surface area (Å²) < 4.78 is 5.42. The lowest BCUT2D eigenvalue weighted by molar-refractivity contribution is -0.384. The lowest BCUT2D eigenvalue weighted by Gasteiger charge is -2.18. The van der Waals surface area contributed by atoms with Crippen LogP contribution >= 0.6 is 11.6 Å². The molecule has 11 nitrogen and oxygen atoms in total. The molecule has 3 aromatic rings. The number of halogens is 1. The Balaban J connectivity index is 1.90. The molecular formula is C22H17ClN4O7. The van der Waals surface area contributed by atoms with Crippen LogP contribution in [-0.4, -0.2) is 28.8 Å². The van der Waals surface area contributed by atoms with Gasteiger partial charge >= 0.3 is 5.97 Å². The van der Waals surface area contributed by atoms with E-state index in [2.05, 4.69) is 10.6 Å². The maximum absolute atomic E-state index is 13.0. The fraction of sp³-hybridized carbons (Fsp3) is 0.0909. The molecule has 2 N–H and O–H groups in total. The molecule has 0 aromatic heterocycles. The Morgan fingerprint density at radius 2 is 1.62 bits per heavy atom. The van der Waals surface area contributed by atoms with Crippen LogP contribution in [0, 0.1) is 20.2 Å². The molecule has 0 spiro atoms. The molecule has 0 bridgehead atoms. The third-order valence-corrected chi connectivity index (χ3v) is 5.00. The van der Waals surface area contributed by atoms with Crippen LogP contribution in [0.5, 0.6) is 0 Å². The normalized spacial score (nSPS) is 11.2. The minimum absolute atomic E-state index is 0.0725. The minimum Gasteiger partial charge on any atom is -0.444 e. The van der Waals surface area contributed by atoms with Crippen LogP contribution in [0.3, 0.4) is 0 Å². The number of carbonyl (C=O) groups excluding carboxylic acids is 2. The van der Waals surface area contributed by atoms with Crippen LogP contribution in [0.2, 0.25) is 5.02 Å². The van der Waals surface area contributed by atoms with Gasteiger partial charge in [0.25, 0.3) is 17.3 Å². The number of amides is 1. The molecule has 3 rings (SSSR count). The molecule has 1 unspecified atom stereocenters. The Kier molecular flexibility index (Phi) is 7.39. The van der Waals surface area contributed by atoms with Gasteiger partial charge in [-0.15, -0.1) is 0 Å². The zero-order valence-corrected chi connectivity index (χ0v) is 18.3. The van der Waals surface area contributed by atoms with Gasteiger partial charge in [-0.05, 0) is 18.2 Å². The van der Waals surface area contributed by atoms with Crippen LogP contribution in [0.25, 0.3) is 0 Å². The van der Waals surface area contributed by atoms with E-state index in [0.717, 1.165) is 18.2 Å². The average molecular weight is 485 g/mol. The van der Waals surface area contributed by atoms with Gasteiger partial charge in [0.1, 0.15) is 5.69 Å². The van der Waals surface area contributed by atoms with E-state index in [1.165, 1.54) is 25.2 Å². The third kappa shape index (κ3) is 5.45. The maximum Gasteiger partial charge on any atom is 0.339 e. The van der Waals surface area contributed by atoms with E-state index in [9.17, 15) is 29.8 Å². The predicted molar refractivity (Wildman–Crippen MR) is 124 cm³/mol. The summed E-state index contributed by atoms with van der Waals surface area (Å²) in [5, 5.41) is 27.3. The van der Waals surface area contributed by atoms with E-state index in [0.29, 0.717) is 5.56 Å². The molecule has 174 valence electrons. The second-order valence-electron chi connectivity index (χ2n) is 6.85. The number of hydrogen-bond acceptors (Lipinski definition) is 8. The fourth-order valence-corrected chi connectivity index (χ4v) is 3.24. The first-order valence-electron chi connectivity index (χ1n) is 9.68. The van der Waals surface area contributed by atoms with Crippen molar-refractivity contribution in [3.05, 3.63) is 103 Å². The molecule has 0 saturated heterocycles. The Bertz CT molecular complexity index is 1270. The molecule has 12 heteroatoms. The van der Waals surface area contributed by atoms with Crippen molar-refractivity contribution in [3.8, 4) is 0 Å². The number of rotatable bonds is 8. The van der Waals surface area contributed by atoms with E-state index in [4.69, 9.17) is 16.3 Å². The highest BCUT2D eigenvalue weighted by atomic mass is 35.5. The predicted octanol–water partition coefficient (Wildman–Crippen LogP) is 4.73. The van der Waals surface area contributed by atoms with E-state index in [-0.39, 0.29) is 33.3 Å². The summed E-state index contributed by atoms with van der Waals surface area (Å²) in [5.41, 5.74) is -0.133. The van der Waals surface area contributed by atoms with Gasteiger partial charge < -0.3 is 15.4 Å². The smallest absolute Gasteiger partial charge is 0.339 e. The van der Waals surface area contributed by atoms with Crippen molar-refractivity contribution < 1.29 is 24.2 Å². The molecule has 0 aliphatic carbocycles. The molecule has 1 amide bonds. The van der Waals surface area contributed by atoms with Gasteiger partial charge in [-0.25, -0.2) is 4.79 Å². The van der Waals surface area contributed by atoms with Gasteiger partial charge in [-0.1, -0.05) is 41.9 Å². The number of ether oxygens (including phenoxy) is 1. The molecule has 0 heterocycles. The number of benzene rings is 3. The zero-order valence-electron chi connectivity index (χ0n) is 17.6. The number of non-ortho nitro benzene ring substituents is 1. The summed E-state index contributed by atoms with van der Waals surface area (Å²) in [6.07, 6.45) is -1.44. The van der Waals surface area contributed by atoms with E-state index in [1.807, 2.05) is 0 Å². The monoisotopic (exact) mass is 484 g/mol. The zero-order chi connectivity index (χ0) is 24.8. The Labute approximate surface area is 197 Å². The van der Waals surface area contributed by atoms with Crippen molar-refractivity contribution in [1.29, 1.82) is 0 Å². The number of hydrogen-bond donors (Lipinski definition) is 2. The van der Waals surface area contributed by atoms with Gasteiger partial charge in [-0.2, -0.15) is 0 Å². The number of anilines is 2. The van der Waals surface area contributed by atoms with Crippen molar-refractivity contribution in [3.63, 3.8) is 0 Å². The first-order valence-corrected chi connectivity index (χ1v) is 10.1.